The van der Waals surface area contributed by atoms with Crippen molar-refractivity contribution in [3.8, 4) is 0 Å². The highest BCUT2D eigenvalue weighted by Crippen LogP contribution is 2.08. The summed E-state index contributed by atoms with van der Waals surface area (Å²) < 4.78 is 9.48. The second-order valence-corrected chi connectivity index (χ2v) is 4.45. The highest BCUT2D eigenvalue weighted by atomic mass is 32.1. The highest BCUT2D eigenvalue weighted by Gasteiger charge is 2.18. The zero-order chi connectivity index (χ0) is 15.7. The van der Waals surface area contributed by atoms with Gasteiger partial charge in [0.15, 0.2) is 5.71 Å². The summed E-state index contributed by atoms with van der Waals surface area (Å²) in [6.45, 7) is 3.65. The van der Waals surface area contributed by atoms with E-state index in [1.165, 1.54) is 23.0 Å². The number of carbonyl (C=O) groups excluding carboxylic acids is 3. The smallest absolute Gasteiger partial charge is 0.360 e. The first-order valence-electron chi connectivity index (χ1n) is 6.16. The SMILES string of the molecule is CCOC(=O)CC(=O)N/N=C(\C(=O)OCC)c1cncs1. The minimum absolute atomic E-state index is 0.0726. The number of amides is 1. The minimum atomic E-state index is -0.682. The molecule has 0 atom stereocenters. The molecule has 114 valence electrons. The molecule has 9 heteroatoms. The lowest BCUT2D eigenvalue weighted by Crippen LogP contribution is -2.27. The van der Waals surface area contributed by atoms with Crippen molar-refractivity contribution < 1.29 is 23.9 Å². The maximum atomic E-state index is 11.8. The fourth-order valence-corrected chi connectivity index (χ4v) is 1.83. The monoisotopic (exact) mass is 313 g/mol. The van der Waals surface area contributed by atoms with E-state index in [1.807, 2.05) is 0 Å². The lowest BCUT2D eigenvalue weighted by atomic mass is 10.3. The molecule has 0 unspecified atom stereocenters. The average molecular weight is 313 g/mol. The third-order valence-electron chi connectivity index (χ3n) is 2.04. The predicted octanol–water partition coefficient (Wildman–Crippen LogP) is 0.480. The van der Waals surface area contributed by atoms with Gasteiger partial charge in [0.25, 0.3) is 5.91 Å². The number of rotatable bonds is 7. The normalized spacial score (nSPS) is 10.9. The van der Waals surface area contributed by atoms with Crippen LogP contribution in [0.1, 0.15) is 25.1 Å². The summed E-state index contributed by atoms with van der Waals surface area (Å²) in [5.41, 5.74) is 3.57. The molecule has 1 aromatic heterocycles. The summed E-state index contributed by atoms with van der Waals surface area (Å²) >= 11 is 1.17. The topological polar surface area (TPSA) is 107 Å². The summed E-state index contributed by atoms with van der Waals surface area (Å²) in [4.78, 5) is 38.7. The van der Waals surface area contributed by atoms with Crippen LogP contribution in [0.5, 0.6) is 0 Å². The van der Waals surface area contributed by atoms with Gasteiger partial charge < -0.3 is 9.47 Å². The molecule has 0 aliphatic rings. The van der Waals surface area contributed by atoms with E-state index in [2.05, 4.69) is 20.2 Å². The Morgan fingerprint density at radius 1 is 1.29 bits per heavy atom. The van der Waals surface area contributed by atoms with Crippen molar-refractivity contribution in [2.24, 2.45) is 5.10 Å². The van der Waals surface area contributed by atoms with Crippen LogP contribution < -0.4 is 5.43 Å². The average Bonchev–Trinajstić information content (AvgIpc) is 2.93. The second-order valence-electron chi connectivity index (χ2n) is 3.56. The first-order valence-corrected chi connectivity index (χ1v) is 7.04. The van der Waals surface area contributed by atoms with Crippen LogP contribution in [0.25, 0.3) is 0 Å². The Morgan fingerprint density at radius 3 is 2.57 bits per heavy atom. The van der Waals surface area contributed by atoms with E-state index in [0.717, 1.165) is 0 Å². The molecule has 0 saturated heterocycles. The number of thiazole rings is 1. The van der Waals surface area contributed by atoms with Crippen molar-refractivity contribution in [3.05, 3.63) is 16.6 Å². The molecule has 0 aromatic carbocycles. The summed E-state index contributed by atoms with van der Waals surface area (Å²) in [5, 5.41) is 3.70. The largest absolute Gasteiger partial charge is 0.466 e. The third kappa shape index (κ3) is 5.69. The van der Waals surface area contributed by atoms with Crippen molar-refractivity contribution in [2.45, 2.75) is 20.3 Å². The fourth-order valence-electron chi connectivity index (χ4n) is 1.23. The summed E-state index contributed by atoms with van der Waals surface area (Å²) in [5.74, 6) is -2.03. The summed E-state index contributed by atoms with van der Waals surface area (Å²) in [6.07, 6.45) is 0.952. The maximum Gasteiger partial charge on any atom is 0.360 e. The van der Waals surface area contributed by atoms with Crippen molar-refractivity contribution in [2.75, 3.05) is 13.2 Å². The number of nitrogens with zero attached hydrogens (tertiary/aromatic N) is 2. The number of hydrazone groups is 1. The molecule has 8 nitrogen and oxygen atoms in total. The number of nitrogens with one attached hydrogen (secondary N) is 1. The van der Waals surface area contributed by atoms with Gasteiger partial charge in [-0.3, -0.25) is 14.6 Å². The third-order valence-corrected chi connectivity index (χ3v) is 2.82. The fraction of sp³-hybridized carbons (Fsp3) is 0.417. The second kappa shape index (κ2) is 8.80. The maximum absolute atomic E-state index is 11.8. The van der Waals surface area contributed by atoms with Gasteiger partial charge in [0.1, 0.15) is 6.42 Å². The van der Waals surface area contributed by atoms with Crippen LogP contribution in [0.2, 0.25) is 0 Å². The Bertz CT molecular complexity index is 527. The van der Waals surface area contributed by atoms with Crippen LogP contribution >= 0.6 is 11.3 Å². The lowest BCUT2D eigenvalue weighted by Gasteiger charge is -2.04. The molecule has 0 radical (unpaired) electrons. The van der Waals surface area contributed by atoms with Crippen LogP contribution in [-0.4, -0.2) is 41.8 Å². The van der Waals surface area contributed by atoms with Crippen LogP contribution in [0.3, 0.4) is 0 Å². The van der Waals surface area contributed by atoms with Gasteiger partial charge in [-0.05, 0) is 13.8 Å². The molecular weight excluding hydrogens is 298 g/mol. The molecule has 0 fully saturated rings. The van der Waals surface area contributed by atoms with Crippen molar-refractivity contribution in [1.29, 1.82) is 0 Å². The van der Waals surface area contributed by atoms with E-state index >= 15 is 0 Å². The molecule has 1 N–H and O–H groups in total. The van der Waals surface area contributed by atoms with Crippen LogP contribution in [0, 0.1) is 0 Å². The number of hydrogen-bond donors (Lipinski definition) is 1. The Morgan fingerprint density at radius 2 is 2.00 bits per heavy atom. The van der Waals surface area contributed by atoms with Crippen molar-refractivity contribution >= 4 is 34.9 Å². The Balaban J connectivity index is 2.73. The lowest BCUT2D eigenvalue weighted by molar-refractivity contribution is -0.146. The number of hydrogen-bond acceptors (Lipinski definition) is 8. The number of ether oxygens (including phenoxy) is 2. The van der Waals surface area contributed by atoms with E-state index in [4.69, 9.17) is 4.74 Å². The molecule has 0 spiro atoms. The van der Waals surface area contributed by atoms with E-state index in [9.17, 15) is 14.4 Å². The predicted molar refractivity (Wildman–Crippen MR) is 74.7 cm³/mol. The van der Waals surface area contributed by atoms with Crippen molar-refractivity contribution in [3.63, 3.8) is 0 Å². The van der Waals surface area contributed by atoms with Crippen LogP contribution in [0.4, 0.5) is 0 Å². The number of esters is 2. The molecule has 1 rings (SSSR count). The van der Waals surface area contributed by atoms with Gasteiger partial charge in [0.2, 0.25) is 0 Å². The Kier molecular flexibility index (Phi) is 7.02. The van der Waals surface area contributed by atoms with Gasteiger partial charge in [0, 0.05) is 6.20 Å². The van der Waals surface area contributed by atoms with Gasteiger partial charge in [0.05, 0.1) is 23.6 Å². The number of carbonyl (C=O) groups is 3. The molecule has 1 aromatic rings. The zero-order valence-electron chi connectivity index (χ0n) is 11.6. The van der Waals surface area contributed by atoms with Gasteiger partial charge in [-0.25, -0.2) is 10.2 Å². The highest BCUT2D eigenvalue weighted by molar-refractivity contribution is 7.12. The minimum Gasteiger partial charge on any atom is -0.466 e. The van der Waals surface area contributed by atoms with E-state index < -0.39 is 24.3 Å². The van der Waals surface area contributed by atoms with Gasteiger partial charge in [-0.2, -0.15) is 5.10 Å². The van der Waals surface area contributed by atoms with Crippen molar-refractivity contribution in [1.82, 2.24) is 10.4 Å². The quantitative estimate of drug-likeness (QED) is 0.339. The summed E-state index contributed by atoms with van der Waals surface area (Å²) in [7, 11) is 0. The molecule has 0 saturated carbocycles. The van der Waals surface area contributed by atoms with E-state index in [-0.39, 0.29) is 18.9 Å². The standard InChI is InChI=1S/C12H15N3O5S/c1-3-19-10(17)5-9(16)14-15-11(12(18)20-4-2)8-6-13-7-21-8/h6-7H,3-5H2,1-2H3,(H,14,16)/b15-11-. The molecule has 1 amide bonds. The molecule has 0 aliphatic heterocycles. The van der Waals surface area contributed by atoms with Gasteiger partial charge in [-0.1, -0.05) is 0 Å². The van der Waals surface area contributed by atoms with Gasteiger partial charge >= 0.3 is 11.9 Å². The van der Waals surface area contributed by atoms with E-state index in [0.29, 0.717) is 4.88 Å². The zero-order valence-corrected chi connectivity index (χ0v) is 12.4. The molecular formula is C12H15N3O5S. The number of aromatic nitrogens is 1. The Labute approximate surface area is 125 Å². The first-order chi connectivity index (χ1) is 10.1. The van der Waals surface area contributed by atoms with Crippen LogP contribution in [0.15, 0.2) is 16.8 Å². The molecule has 21 heavy (non-hydrogen) atoms. The molecule has 0 aliphatic carbocycles. The first kappa shape index (κ1) is 16.8. The summed E-state index contributed by atoms with van der Waals surface area (Å²) in [6, 6.07) is 0. The van der Waals surface area contributed by atoms with Gasteiger partial charge in [-0.15, -0.1) is 11.3 Å². The van der Waals surface area contributed by atoms with Crippen LogP contribution in [-0.2, 0) is 23.9 Å². The van der Waals surface area contributed by atoms with E-state index in [1.54, 1.807) is 13.8 Å². The Hall–Kier alpha value is -2.29. The molecule has 0 bridgehead atoms. The molecule has 1 heterocycles.